The van der Waals surface area contributed by atoms with E-state index in [1.54, 1.807) is 0 Å². The number of carbonyl (C=O) groups is 2. The van der Waals surface area contributed by atoms with Crippen molar-refractivity contribution in [3.63, 3.8) is 0 Å². The second-order valence-electron chi connectivity index (χ2n) is 22.5. The Morgan fingerprint density at radius 1 is 0.267 bits per heavy atom. The highest BCUT2D eigenvalue weighted by atomic mass is 16.6. The minimum atomic E-state index is -0.805. The number of hydrogen-bond donors (Lipinski definition) is 1. The number of hydrogen-bond acceptors (Lipinski definition) is 5. The summed E-state index contributed by atoms with van der Waals surface area (Å²) >= 11 is 0. The summed E-state index contributed by atoms with van der Waals surface area (Å²) in [6.45, 7) is 3.89. The first kappa shape index (κ1) is 80.7. The standard InChI is InChI=1S/C81H128O5/c1-3-5-7-9-11-13-15-17-19-21-23-25-27-29-31-33-35-37-39-40-42-44-46-48-50-52-54-56-58-60-62-64-66-68-70-72-74-76-81(84)86-79(77-82)78-85-80(83)75-73-71-69-67-65-63-61-59-57-55-53-51-49-47-45-43-41-38-36-34-32-30-28-26-24-22-20-18-16-14-12-10-8-6-4-2/h5-8,11-14,17-20,23-26,29-32,35,37,40,42,46,48,52,54,58,60,64,66,79,82H,3-4,9-10,15-16,21-22,27-28,33-34,36,38-39,41,43-45,47,49-51,53,55-57,59,61-63,65,67-78H2,1-2H3/b7-5-,8-6-,13-11-,14-12-,19-17-,20-18-,25-23-,26-24-,31-29-,32-30-,37-35-,42-40-,48-46-,54-52-,60-58-,66-64-. The highest BCUT2D eigenvalue weighted by molar-refractivity contribution is 5.70. The van der Waals surface area contributed by atoms with Crippen LogP contribution < -0.4 is 0 Å². The van der Waals surface area contributed by atoms with Crippen LogP contribution >= 0.6 is 0 Å². The van der Waals surface area contributed by atoms with E-state index in [1.807, 2.05) is 0 Å². The van der Waals surface area contributed by atoms with Gasteiger partial charge in [0.15, 0.2) is 6.10 Å². The average molecular weight is 1180 g/mol. The first-order valence-corrected chi connectivity index (χ1v) is 35.0. The molecule has 1 N–H and O–H groups in total. The summed E-state index contributed by atoms with van der Waals surface area (Å²) in [5.41, 5.74) is 0. The lowest BCUT2D eigenvalue weighted by molar-refractivity contribution is -0.161. The van der Waals surface area contributed by atoms with Crippen LogP contribution in [0.3, 0.4) is 0 Å². The van der Waals surface area contributed by atoms with E-state index in [-0.39, 0.29) is 25.2 Å². The van der Waals surface area contributed by atoms with Crippen molar-refractivity contribution in [3.05, 3.63) is 194 Å². The van der Waals surface area contributed by atoms with Gasteiger partial charge >= 0.3 is 11.9 Å². The summed E-state index contributed by atoms with van der Waals surface area (Å²) in [5.74, 6) is -0.635. The Bertz CT molecular complexity index is 1970. The van der Waals surface area contributed by atoms with E-state index in [1.165, 1.54) is 109 Å². The van der Waals surface area contributed by atoms with Crippen molar-refractivity contribution < 1.29 is 24.2 Å². The van der Waals surface area contributed by atoms with Gasteiger partial charge in [0.05, 0.1) is 6.61 Å². The zero-order chi connectivity index (χ0) is 61.9. The summed E-state index contributed by atoms with van der Waals surface area (Å²) in [7, 11) is 0. The van der Waals surface area contributed by atoms with Crippen LogP contribution in [0.1, 0.15) is 284 Å². The number of carbonyl (C=O) groups excluding carboxylic acids is 2. The van der Waals surface area contributed by atoms with Gasteiger partial charge in [0.2, 0.25) is 0 Å². The van der Waals surface area contributed by atoms with Crippen LogP contribution in [0.15, 0.2) is 194 Å². The largest absolute Gasteiger partial charge is 0.462 e. The fourth-order valence-corrected chi connectivity index (χ4v) is 9.24. The van der Waals surface area contributed by atoms with Gasteiger partial charge in [-0.15, -0.1) is 0 Å². The number of aliphatic hydroxyl groups excluding tert-OH is 1. The average Bonchev–Trinajstić information content (AvgIpc) is 3.53. The van der Waals surface area contributed by atoms with Gasteiger partial charge in [0, 0.05) is 12.8 Å². The van der Waals surface area contributed by atoms with Crippen LogP contribution in [-0.2, 0) is 19.1 Å². The first-order chi connectivity index (χ1) is 42.6. The van der Waals surface area contributed by atoms with Crippen LogP contribution in [0.4, 0.5) is 0 Å². The maximum atomic E-state index is 12.4. The summed E-state index contributed by atoms with van der Waals surface area (Å²) in [5, 5.41) is 9.70. The molecule has 0 radical (unpaired) electrons. The zero-order valence-corrected chi connectivity index (χ0v) is 55.2. The molecule has 0 saturated heterocycles. The second-order valence-corrected chi connectivity index (χ2v) is 22.5. The van der Waals surface area contributed by atoms with E-state index >= 15 is 0 Å². The quantitative estimate of drug-likeness (QED) is 0.0373. The molecule has 0 rings (SSSR count). The molecule has 86 heavy (non-hydrogen) atoms. The smallest absolute Gasteiger partial charge is 0.306 e. The van der Waals surface area contributed by atoms with Crippen LogP contribution in [0.25, 0.3) is 0 Å². The Morgan fingerprint density at radius 2 is 0.465 bits per heavy atom. The third kappa shape index (κ3) is 71.2. The molecule has 0 aliphatic rings. The first-order valence-electron chi connectivity index (χ1n) is 35.0. The second kappa shape index (κ2) is 74.0. The fraction of sp³-hybridized carbons (Fsp3) is 0.580. The van der Waals surface area contributed by atoms with E-state index in [2.05, 4.69) is 208 Å². The fourth-order valence-electron chi connectivity index (χ4n) is 9.24. The SMILES string of the molecule is CC/C=C\C/C=C\C/C=C\C/C=C\C/C=C\C/C=C\C/C=C\C/C=C\C/C=C\C/C=C\C/C=C\CCCCCC(=O)OC(CO)COC(=O)CCCCCCCCCCCCCCCCCCCCC/C=C\C/C=C\C/C=C\C/C=C\C/C=C\CC. The van der Waals surface area contributed by atoms with Crippen molar-refractivity contribution in [2.45, 2.75) is 290 Å². The topological polar surface area (TPSA) is 72.8 Å². The summed E-state index contributed by atoms with van der Waals surface area (Å²) in [6, 6.07) is 0. The maximum absolute atomic E-state index is 12.4. The van der Waals surface area contributed by atoms with E-state index in [0.29, 0.717) is 12.8 Å². The third-order valence-corrected chi connectivity index (χ3v) is 14.4. The highest BCUT2D eigenvalue weighted by Crippen LogP contribution is 2.16. The number of ether oxygens (including phenoxy) is 2. The van der Waals surface area contributed by atoms with Crippen LogP contribution in [0, 0.1) is 0 Å². The number of unbranched alkanes of at least 4 members (excludes halogenated alkanes) is 22. The molecule has 0 spiro atoms. The van der Waals surface area contributed by atoms with Crippen LogP contribution in [-0.4, -0.2) is 36.4 Å². The van der Waals surface area contributed by atoms with Crippen LogP contribution in [0.5, 0.6) is 0 Å². The molecule has 0 aromatic rings. The zero-order valence-electron chi connectivity index (χ0n) is 55.2. The lowest BCUT2D eigenvalue weighted by Gasteiger charge is -2.15. The van der Waals surface area contributed by atoms with Crippen molar-refractivity contribution in [3.8, 4) is 0 Å². The van der Waals surface area contributed by atoms with Gasteiger partial charge in [-0.3, -0.25) is 9.59 Å². The van der Waals surface area contributed by atoms with E-state index in [9.17, 15) is 14.7 Å². The normalized spacial score (nSPS) is 13.5. The van der Waals surface area contributed by atoms with Gasteiger partial charge in [-0.25, -0.2) is 0 Å². The monoisotopic (exact) mass is 1180 g/mol. The molecule has 0 saturated carbocycles. The van der Waals surface area contributed by atoms with Crippen molar-refractivity contribution in [1.29, 1.82) is 0 Å². The van der Waals surface area contributed by atoms with E-state index < -0.39 is 6.10 Å². The lowest BCUT2D eigenvalue weighted by atomic mass is 10.0. The molecule has 0 heterocycles. The minimum Gasteiger partial charge on any atom is -0.462 e. The highest BCUT2D eigenvalue weighted by Gasteiger charge is 2.16. The number of aliphatic hydroxyl groups is 1. The Kier molecular flexibility index (Phi) is 69.5. The number of esters is 2. The maximum Gasteiger partial charge on any atom is 0.306 e. The molecule has 5 nitrogen and oxygen atoms in total. The van der Waals surface area contributed by atoms with Gasteiger partial charge in [0.25, 0.3) is 0 Å². The van der Waals surface area contributed by atoms with Gasteiger partial charge in [-0.1, -0.05) is 324 Å². The molecular formula is C81H128O5. The van der Waals surface area contributed by atoms with Gasteiger partial charge < -0.3 is 14.6 Å². The molecule has 0 aliphatic heterocycles. The van der Waals surface area contributed by atoms with Crippen molar-refractivity contribution >= 4 is 11.9 Å². The Morgan fingerprint density at radius 3 is 0.709 bits per heavy atom. The molecule has 0 aromatic carbocycles. The Labute approximate surface area is 530 Å². The van der Waals surface area contributed by atoms with Gasteiger partial charge in [0.1, 0.15) is 6.61 Å². The molecule has 5 heteroatoms. The predicted molar refractivity (Wildman–Crippen MR) is 379 cm³/mol. The summed E-state index contributed by atoms with van der Waals surface area (Å²) in [6.07, 6.45) is 117. The molecule has 0 amide bonds. The molecule has 482 valence electrons. The van der Waals surface area contributed by atoms with Crippen LogP contribution in [0.2, 0.25) is 0 Å². The molecule has 0 aromatic heterocycles. The summed E-state index contributed by atoms with van der Waals surface area (Å²) in [4.78, 5) is 24.6. The number of allylic oxidation sites excluding steroid dienone is 32. The van der Waals surface area contributed by atoms with Gasteiger partial charge in [-0.2, -0.15) is 0 Å². The van der Waals surface area contributed by atoms with Crippen molar-refractivity contribution in [2.24, 2.45) is 0 Å². The molecule has 0 bridgehead atoms. The predicted octanol–water partition coefficient (Wildman–Crippen LogP) is 24.8. The summed E-state index contributed by atoms with van der Waals surface area (Å²) < 4.78 is 10.7. The molecule has 1 unspecified atom stereocenters. The number of rotatable bonds is 62. The van der Waals surface area contributed by atoms with E-state index in [4.69, 9.17) is 9.47 Å². The van der Waals surface area contributed by atoms with E-state index in [0.717, 1.165) is 148 Å². The lowest BCUT2D eigenvalue weighted by Crippen LogP contribution is -2.28. The molecule has 1 atom stereocenters. The minimum absolute atomic E-state index is 0.0893. The molecule has 0 fully saturated rings. The third-order valence-electron chi connectivity index (χ3n) is 14.4. The van der Waals surface area contributed by atoms with Crippen molar-refractivity contribution in [1.82, 2.24) is 0 Å². The van der Waals surface area contributed by atoms with Gasteiger partial charge in [-0.05, 0) is 141 Å². The Balaban J connectivity index is 3.60. The Hall–Kier alpha value is -5.26. The molecular weight excluding hydrogens is 1050 g/mol. The molecule has 0 aliphatic carbocycles. The van der Waals surface area contributed by atoms with Crippen molar-refractivity contribution in [2.75, 3.05) is 13.2 Å².